The molecular weight excluding hydrogens is 238 g/mol. The van der Waals surface area contributed by atoms with Crippen molar-refractivity contribution in [2.24, 2.45) is 10.7 Å². The van der Waals surface area contributed by atoms with E-state index in [1.165, 1.54) is 0 Å². The molecular formula is C15H25N3O. The van der Waals surface area contributed by atoms with Crippen molar-refractivity contribution in [3.63, 3.8) is 0 Å². The number of hydrogen-bond donors (Lipinski definition) is 2. The van der Waals surface area contributed by atoms with Crippen LogP contribution in [0.1, 0.15) is 41.0 Å². The number of aliphatic imine (C=N–C) groups is 1. The van der Waals surface area contributed by atoms with E-state index in [-0.39, 0.29) is 11.6 Å². The first kappa shape index (κ1) is 15.3. The molecule has 0 radical (unpaired) electrons. The Morgan fingerprint density at radius 1 is 1.42 bits per heavy atom. The number of nitrogens with zero attached hydrogens (tertiary/aromatic N) is 1. The second-order valence-corrected chi connectivity index (χ2v) is 5.66. The van der Waals surface area contributed by atoms with Gasteiger partial charge in [0.15, 0.2) is 5.96 Å². The fourth-order valence-corrected chi connectivity index (χ4v) is 1.50. The van der Waals surface area contributed by atoms with Crippen LogP contribution in [0.15, 0.2) is 29.3 Å². The molecule has 0 heterocycles. The molecule has 0 aliphatic carbocycles. The molecule has 0 bridgehead atoms. The van der Waals surface area contributed by atoms with Crippen LogP contribution in [0.2, 0.25) is 0 Å². The molecule has 1 atom stereocenters. The zero-order valence-electron chi connectivity index (χ0n) is 12.5. The number of benzene rings is 1. The molecule has 0 aliphatic rings. The van der Waals surface area contributed by atoms with Crippen molar-refractivity contribution in [1.82, 2.24) is 0 Å². The Morgan fingerprint density at radius 2 is 2.11 bits per heavy atom. The van der Waals surface area contributed by atoms with Crippen molar-refractivity contribution in [2.75, 3.05) is 5.32 Å². The van der Waals surface area contributed by atoms with Crippen LogP contribution in [-0.4, -0.2) is 17.6 Å². The molecule has 4 heteroatoms. The maximum absolute atomic E-state index is 5.87. The third-order valence-electron chi connectivity index (χ3n) is 2.47. The quantitative estimate of drug-likeness (QED) is 0.646. The third-order valence-corrected chi connectivity index (χ3v) is 2.47. The van der Waals surface area contributed by atoms with Gasteiger partial charge in [-0.3, -0.25) is 0 Å². The summed E-state index contributed by atoms with van der Waals surface area (Å²) in [5.41, 5.74) is 6.56. The summed E-state index contributed by atoms with van der Waals surface area (Å²) < 4.78 is 5.77. The number of nitrogens with one attached hydrogen (secondary N) is 1. The molecule has 0 amide bonds. The van der Waals surface area contributed by atoms with Gasteiger partial charge in [0, 0.05) is 11.8 Å². The van der Waals surface area contributed by atoms with Crippen LogP contribution >= 0.6 is 0 Å². The lowest BCUT2D eigenvalue weighted by Crippen LogP contribution is -2.27. The first-order valence-corrected chi connectivity index (χ1v) is 6.69. The van der Waals surface area contributed by atoms with E-state index in [4.69, 9.17) is 10.5 Å². The number of rotatable bonds is 4. The van der Waals surface area contributed by atoms with Gasteiger partial charge in [-0.1, -0.05) is 13.0 Å². The van der Waals surface area contributed by atoms with Gasteiger partial charge in [-0.15, -0.1) is 0 Å². The molecule has 0 saturated heterocycles. The normalized spacial score (nSPS) is 14.1. The predicted octanol–water partition coefficient (Wildman–Crippen LogP) is 3.39. The molecule has 1 rings (SSSR count). The highest BCUT2D eigenvalue weighted by atomic mass is 16.5. The van der Waals surface area contributed by atoms with Crippen molar-refractivity contribution in [3.05, 3.63) is 24.3 Å². The first-order chi connectivity index (χ1) is 8.80. The second-order valence-electron chi connectivity index (χ2n) is 5.66. The zero-order valence-corrected chi connectivity index (χ0v) is 12.5. The Balaban J connectivity index is 2.75. The molecule has 0 aliphatic heterocycles. The molecule has 106 valence electrons. The van der Waals surface area contributed by atoms with E-state index in [1.807, 2.05) is 45.0 Å². The summed E-state index contributed by atoms with van der Waals surface area (Å²) in [6.45, 7) is 10.2. The van der Waals surface area contributed by atoms with Crippen molar-refractivity contribution in [3.8, 4) is 5.75 Å². The summed E-state index contributed by atoms with van der Waals surface area (Å²) in [5.74, 6) is 1.25. The van der Waals surface area contributed by atoms with Gasteiger partial charge in [-0.2, -0.15) is 0 Å². The maximum atomic E-state index is 5.87. The van der Waals surface area contributed by atoms with Gasteiger partial charge < -0.3 is 15.8 Å². The molecule has 1 aromatic carbocycles. The SMILES string of the molecule is CCC(C)Oc1cccc(NC(N)=NC(C)(C)C)c1. The van der Waals surface area contributed by atoms with E-state index < -0.39 is 0 Å². The minimum absolute atomic E-state index is 0.193. The van der Waals surface area contributed by atoms with E-state index in [1.54, 1.807) is 0 Å². The lowest BCUT2D eigenvalue weighted by molar-refractivity contribution is 0.217. The smallest absolute Gasteiger partial charge is 0.193 e. The molecule has 0 saturated carbocycles. The van der Waals surface area contributed by atoms with E-state index >= 15 is 0 Å². The van der Waals surface area contributed by atoms with E-state index in [2.05, 4.69) is 24.2 Å². The van der Waals surface area contributed by atoms with Gasteiger partial charge in [0.2, 0.25) is 0 Å². The van der Waals surface area contributed by atoms with Crippen molar-refractivity contribution in [1.29, 1.82) is 0 Å². The van der Waals surface area contributed by atoms with E-state index in [9.17, 15) is 0 Å². The summed E-state index contributed by atoms with van der Waals surface area (Å²) in [6.07, 6.45) is 1.18. The van der Waals surface area contributed by atoms with Crippen LogP contribution in [0.4, 0.5) is 5.69 Å². The van der Waals surface area contributed by atoms with Gasteiger partial charge in [-0.25, -0.2) is 4.99 Å². The Bertz CT molecular complexity index is 435. The molecule has 4 nitrogen and oxygen atoms in total. The molecule has 1 unspecified atom stereocenters. The van der Waals surface area contributed by atoms with Crippen LogP contribution in [0.5, 0.6) is 5.75 Å². The van der Waals surface area contributed by atoms with Crippen LogP contribution in [0.25, 0.3) is 0 Å². The lowest BCUT2D eigenvalue weighted by Gasteiger charge is -2.16. The first-order valence-electron chi connectivity index (χ1n) is 6.69. The number of anilines is 1. The van der Waals surface area contributed by atoms with Crippen LogP contribution in [0.3, 0.4) is 0 Å². The molecule has 0 aromatic heterocycles. The number of guanidine groups is 1. The van der Waals surface area contributed by atoms with Gasteiger partial charge >= 0.3 is 0 Å². The minimum atomic E-state index is -0.193. The van der Waals surface area contributed by atoms with Gasteiger partial charge in [0.1, 0.15) is 5.75 Å². The van der Waals surface area contributed by atoms with Crippen LogP contribution < -0.4 is 15.8 Å². The Kier molecular flexibility index (Phi) is 5.21. The summed E-state index contributed by atoms with van der Waals surface area (Å²) in [5, 5.41) is 3.08. The fourth-order valence-electron chi connectivity index (χ4n) is 1.50. The van der Waals surface area contributed by atoms with Crippen molar-refractivity contribution < 1.29 is 4.74 Å². The minimum Gasteiger partial charge on any atom is -0.491 e. The topological polar surface area (TPSA) is 59.6 Å². The summed E-state index contributed by atoms with van der Waals surface area (Å²) >= 11 is 0. The molecule has 19 heavy (non-hydrogen) atoms. The van der Waals surface area contributed by atoms with Gasteiger partial charge in [0.05, 0.1) is 11.6 Å². The summed E-state index contributed by atoms with van der Waals surface area (Å²) in [4.78, 5) is 4.35. The van der Waals surface area contributed by atoms with Gasteiger partial charge in [-0.05, 0) is 46.2 Å². The molecule has 0 fully saturated rings. The largest absolute Gasteiger partial charge is 0.491 e. The third kappa shape index (κ3) is 6.13. The monoisotopic (exact) mass is 263 g/mol. The Hall–Kier alpha value is -1.71. The predicted molar refractivity (Wildman–Crippen MR) is 81.8 cm³/mol. The molecule has 3 N–H and O–H groups in total. The fraction of sp³-hybridized carbons (Fsp3) is 0.533. The van der Waals surface area contributed by atoms with E-state index in [0.29, 0.717) is 5.96 Å². The number of hydrogen-bond acceptors (Lipinski definition) is 2. The zero-order chi connectivity index (χ0) is 14.5. The summed E-state index contributed by atoms with van der Waals surface area (Å²) in [6, 6.07) is 7.74. The lowest BCUT2D eigenvalue weighted by atomic mass is 10.1. The molecule has 1 aromatic rings. The average molecular weight is 263 g/mol. The molecule has 0 spiro atoms. The highest BCUT2D eigenvalue weighted by Gasteiger charge is 2.08. The van der Waals surface area contributed by atoms with E-state index in [0.717, 1.165) is 17.9 Å². The summed E-state index contributed by atoms with van der Waals surface area (Å²) in [7, 11) is 0. The highest BCUT2D eigenvalue weighted by molar-refractivity contribution is 5.92. The van der Waals surface area contributed by atoms with Crippen LogP contribution in [0, 0.1) is 0 Å². The second kappa shape index (κ2) is 6.45. The van der Waals surface area contributed by atoms with Gasteiger partial charge in [0.25, 0.3) is 0 Å². The van der Waals surface area contributed by atoms with Crippen molar-refractivity contribution >= 4 is 11.6 Å². The van der Waals surface area contributed by atoms with Crippen LogP contribution in [-0.2, 0) is 0 Å². The Labute approximate surface area is 116 Å². The number of nitrogens with two attached hydrogens (primary N) is 1. The van der Waals surface area contributed by atoms with Crippen molar-refractivity contribution in [2.45, 2.75) is 52.7 Å². The highest BCUT2D eigenvalue weighted by Crippen LogP contribution is 2.19. The standard InChI is InChI=1S/C15H25N3O/c1-6-11(2)19-13-9-7-8-12(10-13)17-14(16)18-15(3,4)5/h7-11H,6H2,1-5H3,(H3,16,17,18). The maximum Gasteiger partial charge on any atom is 0.193 e. The number of ether oxygens (including phenoxy) is 1. The Morgan fingerprint density at radius 3 is 2.68 bits per heavy atom. The average Bonchev–Trinajstić information content (AvgIpc) is 2.26.